The molecule has 146 valence electrons. The first kappa shape index (κ1) is 18.4. The number of benzene rings is 2. The van der Waals surface area contributed by atoms with E-state index >= 15 is 0 Å². The molecule has 1 aliphatic rings. The predicted octanol–water partition coefficient (Wildman–Crippen LogP) is 3.60. The minimum absolute atomic E-state index is 0.111. The van der Waals surface area contributed by atoms with Gasteiger partial charge in [-0.25, -0.2) is 14.2 Å². The van der Waals surface area contributed by atoms with Crippen molar-refractivity contribution in [3.63, 3.8) is 0 Å². The number of nitrogens with two attached hydrogens (primary N) is 1. The van der Waals surface area contributed by atoms with Gasteiger partial charge in [-0.1, -0.05) is 18.2 Å². The first-order valence-electron chi connectivity index (χ1n) is 9.55. The lowest BCUT2D eigenvalue weighted by atomic mass is 10.1. The fourth-order valence-corrected chi connectivity index (χ4v) is 3.23. The van der Waals surface area contributed by atoms with Crippen LogP contribution in [0.5, 0.6) is 0 Å². The van der Waals surface area contributed by atoms with Crippen LogP contribution >= 0.6 is 0 Å². The van der Waals surface area contributed by atoms with Crippen molar-refractivity contribution in [3.8, 4) is 0 Å². The summed E-state index contributed by atoms with van der Waals surface area (Å²) in [4.78, 5) is 20.2. The fourth-order valence-electron chi connectivity index (χ4n) is 3.23. The molecule has 6 nitrogen and oxygen atoms in total. The maximum Gasteiger partial charge on any atom is 0.315 e. The molecular weight excluding hydrogens is 357 g/mol. The number of amides is 2. The summed E-state index contributed by atoms with van der Waals surface area (Å²) in [6.45, 7) is 2.31. The molecule has 0 spiro atoms. The number of nitrogens with one attached hydrogen (secondary N) is 3. The highest BCUT2D eigenvalue weighted by Gasteiger charge is 2.26. The minimum Gasteiger partial charge on any atom is -0.342 e. The summed E-state index contributed by atoms with van der Waals surface area (Å²) in [6, 6.07) is 10.2. The highest BCUT2D eigenvalue weighted by Crippen LogP contribution is 2.39. The molecule has 4 rings (SSSR count). The third kappa shape index (κ3) is 3.99. The van der Waals surface area contributed by atoms with Gasteiger partial charge >= 0.3 is 6.03 Å². The molecule has 0 radical (unpaired) electrons. The van der Waals surface area contributed by atoms with E-state index in [4.69, 9.17) is 5.73 Å². The SMILES string of the molecule is CC(NC(=O)NCc1ccc(CN)cc1F)c1ccc2nc(C3CC3)[nH]c2c1. The van der Waals surface area contributed by atoms with Crippen LogP contribution in [-0.4, -0.2) is 16.0 Å². The summed E-state index contributed by atoms with van der Waals surface area (Å²) in [7, 11) is 0. The maximum atomic E-state index is 14.0. The summed E-state index contributed by atoms with van der Waals surface area (Å²) < 4.78 is 14.0. The minimum atomic E-state index is -0.368. The summed E-state index contributed by atoms with van der Waals surface area (Å²) in [5.74, 6) is 1.25. The Morgan fingerprint density at radius 2 is 2.14 bits per heavy atom. The number of carbonyl (C=O) groups is 1. The van der Waals surface area contributed by atoms with E-state index in [1.54, 1.807) is 12.1 Å². The number of nitrogens with zero attached hydrogens (tertiary/aromatic N) is 1. The van der Waals surface area contributed by atoms with E-state index in [-0.39, 0.29) is 31.0 Å². The van der Waals surface area contributed by atoms with Crippen molar-refractivity contribution in [1.82, 2.24) is 20.6 Å². The summed E-state index contributed by atoms with van der Waals surface area (Å²) in [5, 5.41) is 5.59. The standard InChI is InChI=1S/C21H24FN5O/c1-12(15-6-7-18-19(9-15)27-20(26-18)14-4-5-14)25-21(28)24-11-16-3-2-13(10-23)8-17(16)22/h2-3,6-9,12,14H,4-5,10-11,23H2,1H3,(H,26,27)(H2,24,25,28). The monoisotopic (exact) mass is 381 g/mol. The molecule has 1 heterocycles. The average Bonchev–Trinajstić information content (AvgIpc) is 3.45. The van der Waals surface area contributed by atoms with Gasteiger partial charge in [-0.2, -0.15) is 0 Å². The van der Waals surface area contributed by atoms with Crippen molar-refractivity contribution in [2.75, 3.05) is 0 Å². The smallest absolute Gasteiger partial charge is 0.315 e. The van der Waals surface area contributed by atoms with Crippen LogP contribution in [-0.2, 0) is 13.1 Å². The maximum absolute atomic E-state index is 14.0. The molecule has 1 fully saturated rings. The van der Waals surface area contributed by atoms with Crippen molar-refractivity contribution < 1.29 is 9.18 Å². The Labute approximate surface area is 162 Å². The van der Waals surface area contributed by atoms with E-state index in [0.29, 0.717) is 11.5 Å². The lowest BCUT2D eigenvalue weighted by Gasteiger charge is -2.15. The van der Waals surface area contributed by atoms with Crippen molar-refractivity contribution >= 4 is 17.1 Å². The number of aromatic amines is 1. The van der Waals surface area contributed by atoms with E-state index in [1.165, 1.54) is 18.9 Å². The summed E-state index contributed by atoms with van der Waals surface area (Å²) in [5.41, 5.74) is 9.55. The number of H-pyrrole nitrogens is 1. The highest BCUT2D eigenvalue weighted by molar-refractivity contribution is 5.77. The van der Waals surface area contributed by atoms with Crippen LogP contribution in [0.3, 0.4) is 0 Å². The molecule has 1 unspecified atom stereocenters. The quantitative estimate of drug-likeness (QED) is 0.525. The number of hydrogen-bond donors (Lipinski definition) is 4. The first-order chi connectivity index (χ1) is 13.5. The van der Waals surface area contributed by atoms with E-state index in [1.807, 2.05) is 25.1 Å². The zero-order valence-electron chi connectivity index (χ0n) is 15.8. The van der Waals surface area contributed by atoms with Crippen LogP contribution in [0.2, 0.25) is 0 Å². The molecule has 2 amide bonds. The van der Waals surface area contributed by atoms with Crippen LogP contribution in [0.15, 0.2) is 36.4 Å². The van der Waals surface area contributed by atoms with Gasteiger partial charge in [0.25, 0.3) is 0 Å². The van der Waals surface area contributed by atoms with Crippen LogP contribution in [0, 0.1) is 5.82 Å². The molecule has 2 aromatic carbocycles. The molecule has 28 heavy (non-hydrogen) atoms. The van der Waals surface area contributed by atoms with Gasteiger partial charge in [0.2, 0.25) is 0 Å². The molecule has 5 N–H and O–H groups in total. The van der Waals surface area contributed by atoms with Crippen molar-refractivity contribution in [1.29, 1.82) is 0 Å². The molecule has 1 aromatic heterocycles. The summed E-state index contributed by atoms with van der Waals surface area (Å²) >= 11 is 0. The number of aromatic nitrogens is 2. The molecule has 1 aliphatic carbocycles. The Kier molecular flexibility index (Phi) is 5.00. The van der Waals surface area contributed by atoms with E-state index < -0.39 is 0 Å². The lowest BCUT2D eigenvalue weighted by molar-refractivity contribution is 0.237. The van der Waals surface area contributed by atoms with Crippen molar-refractivity contribution in [2.45, 2.75) is 44.8 Å². The molecule has 1 atom stereocenters. The Bertz CT molecular complexity index is 1010. The number of rotatable bonds is 6. The highest BCUT2D eigenvalue weighted by atomic mass is 19.1. The average molecular weight is 381 g/mol. The Morgan fingerprint density at radius 1 is 1.32 bits per heavy atom. The Balaban J connectivity index is 1.36. The zero-order chi connectivity index (χ0) is 19.7. The van der Waals surface area contributed by atoms with E-state index in [0.717, 1.165) is 28.0 Å². The van der Waals surface area contributed by atoms with Crippen molar-refractivity contribution in [3.05, 3.63) is 64.7 Å². The third-order valence-electron chi connectivity index (χ3n) is 5.13. The first-order valence-corrected chi connectivity index (χ1v) is 9.55. The summed E-state index contributed by atoms with van der Waals surface area (Å²) in [6.07, 6.45) is 2.39. The van der Waals surface area contributed by atoms with Crippen LogP contribution in [0.4, 0.5) is 9.18 Å². The fraction of sp³-hybridized carbons (Fsp3) is 0.333. The van der Waals surface area contributed by atoms with E-state index in [2.05, 4.69) is 20.6 Å². The third-order valence-corrected chi connectivity index (χ3v) is 5.13. The number of imidazole rings is 1. The number of halogens is 1. The van der Waals surface area contributed by atoms with Gasteiger partial charge in [0, 0.05) is 24.6 Å². The lowest BCUT2D eigenvalue weighted by Crippen LogP contribution is -2.36. The van der Waals surface area contributed by atoms with Crippen LogP contribution in [0.25, 0.3) is 11.0 Å². The van der Waals surface area contributed by atoms with Gasteiger partial charge < -0.3 is 21.4 Å². The van der Waals surface area contributed by atoms with Crippen LogP contribution in [0.1, 0.15) is 54.2 Å². The second-order valence-corrected chi connectivity index (χ2v) is 7.35. The number of carbonyl (C=O) groups excluding carboxylic acids is 1. The molecule has 0 bridgehead atoms. The van der Waals surface area contributed by atoms with Gasteiger partial charge in [-0.05, 0) is 49.1 Å². The largest absolute Gasteiger partial charge is 0.342 e. The van der Waals surface area contributed by atoms with Gasteiger partial charge in [0.1, 0.15) is 11.6 Å². The molecule has 0 aliphatic heterocycles. The van der Waals surface area contributed by atoms with Gasteiger partial charge in [-0.3, -0.25) is 0 Å². The Morgan fingerprint density at radius 3 is 2.86 bits per heavy atom. The van der Waals surface area contributed by atoms with Gasteiger partial charge in [-0.15, -0.1) is 0 Å². The van der Waals surface area contributed by atoms with Gasteiger partial charge in [0.15, 0.2) is 0 Å². The number of fused-ring (bicyclic) bond motifs is 1. The molecule has 7 heteroatoms. The van der Waals surface area contributed by atoms with Crippen molar-refractivity contribution in [2.24, 2.45) is 5.73 Å². The molecule has 1 saturated carbocycles. The number of hydrogen-bond acceptors (Lipinski definition) is 3. The second kappa shape index (κ2) is 7.59. The normalized spacial score (nSPS) is 14.8. The van der Waals surface area contributed by atoms with Gasteiger partial charge in [0.05, 0.1) is 17.1 Å². The Hall–Kier alpha value is -2.93. The zero-order valence-corrected chi connectivity index (χ0v) is 15.8. The molecular formula is C21H24FN5O. The number of urea groups is 1. The van der Waals surface area contributed by atoms with Crippen LogP contribution < -0.4 is 16.4 Å². The molecule has 0 saturated heterocycles. The molecule has 3 aromatic rings. The topological polar surface area (TPSA) is 95.8 Å². The predicted molar refractivity (Wildman–Crippen MR) is 106 cm³/mol. The van der Waals surface area contributed by atoms with E-state index in [9.17, 15) is 9.18 Å². The second-order valence-electron chi connectivity index (χ2n) is 7.35.